The number of carbonyl (C=O) groups is 1. The van der Waals surface area contributed by atoms with E-state index < -0.39 is 16.1 Å². The Bertz CT molecular complexity index is 974. The van der Waals surface area contributed by atoms with Crippen molar-refractivity contribution in [3.05, 3.63) is 64.7 Å². The number of nitrogens with zero attached hydrogens (tertiary/aromatic N) is 1. The van der Waals surface area contributed by atoms with Crippen LogP contribution in [0.4, 0.5) is 5.69 Å². The van der Waals surface area contributed by atoms with E-state index in [1.807, 2.05) is 39.0 Å². The standard InChI is InChI=1S/C23H32N2O3S2/c1-6-22(25(30(5,27)28)21-11-10-18(3)19(4)15-21)23(26)24-12-13-29-16-20-9-7-8-17(2)14-20/h7-11,14-15,22H,6,12-13,16H2,1-5H3,(H,24,26)/t22-/m1/s1. The number of benzene rings is 2. The predicted octanol–water partition coefficient (Wildman–Crippen LogP) is 4.21. The summed E-state index contributed by atoms with van der Waals surface area (Å²) >= 11 is 1.74. The second kappa shape index (κ2) is 10.9. The third-order valence-corrected chi connectivity index (χ3v) is 7.18. The minimum absolute atomic E-state index is 0.266. The van der Waals surface area contributed by atoms with E-state index in [1.165, 1.54) is 15.4 Å². The molecule has 0 fully saturated rings. The summed E-state index contributed by atoms with van der Waals surface area (Å²) in [4.78, 5) is 12.8. The predicted molar refractivity (Wildman–Crippen MR) is 128 cm³/mol. The molecule has 0 spiro atoms. The van der Waals surface area contributed by atoms with Crippen molar-refractivity contribution in [1.82, 2.24) is 5.32 Å². The van der Waals surface area contributed by atoms with Gasteiger partial charge in [-0.25, -0.2) is 8.42 Å². The van der Waals surface area contributed by atoms with Crippen LogP contribution in [0.2, 0.25) is 0 Å². The van der Waals surface area contributed by atoms with Crippen LogP contribution in [-0.4, -0.2) is 38.9 Å². The van der Waals surface area contributed by atoms with E-state index in [-0.39, 0.29) is 5.91 Å². The largest absolute Gasteiger partial charge is 0.353 e. The van der Waals surface area contributed by atoms with Gasteiger partial charge < -0.3 is 5.32 Å². The quantitative estimate of drug-likeness (QED) is 0.553. The normalized spacial score (nSPS) is 12.4. The van der Waals surface area contributed by atoms with Crippen molar-refractivity contribution in [3.8, 4) is 0 Å². The molecule has 164 valence electrons. The van der Waals surface area contributed by atoms with Crippen LogP contribution in [0.5, 0.6) is 0 Å². The zero-order valence-corrected chi connectivity index (χ0v) is 20.1. The fraction of sp³-hybridized carbons (Fsp3) is 0.435. The monoisotopic (exact) mass is 448 g/mol. The van der Waals surface area contributed by atoms with Gasteiger partial charge in [-0.2, -0.15) is 11.8 Å². The Morgan fingerprint density at radius 2 is 1.83 bits per heavy atom. The molecular formula is C23H32N2O3S2. The highest BCUT2D eigenvalue weighted by molar-refractivity contribution is 7.98. The smallest absolute Gasteiger partial charge is 0.243 e. The van der Waals surface area contributed by atoms with Crippen molar-refractivity contribution in [2.24, 2.45) is 0 Å². The van der Waals surface area contributed by atoms with Gasteiger partial charge in [0.25, 0.3) is 0 Å². The number of sulfonamides is 1. The average molecular weight is 449 g/mol. The number of amides is 1. The van der Waals surface area contributed by atoms with Gasteiger partial charge >= 0.3 is 0 Å². The van der Waals surface area contributed by atoms with E-state index in [1.54, 1.807) is 17.8 Å². The summed E-state index contributed by atoms with van der Waals surface area (Å²) in [6.07, 6.45) is 1.54. The molecule has 1 N–H and O–H groups in total. The maximum Gasteiger partial charge on any atom is 0.243 e. The molecule has 1 amide bonds. The maximum atomic E-state index is 12.8. The zero-order valence-electron chi connectivity index (χ0n) is 18.4. The number of rotatable bonds is 10. The minimum atomic E-state index is -3.61. The second-order valence-electron chi connectivity index (χ2n) is 7.58. The molecule has 2 aromatic rings. The molecule has 30 heavy (non-hydrogen) atoms. The van der Waals surface area contributed by atoms with E-state index in [4.69, 9.17) is 0 Å². The second-order valence-corrected chi connectivity index (χ2v) is 10.5. The van der Waals surface area contributed by atoms with Crippen LogP contribution in [0.3, 0.4) is 0 Å². The Morgan fingerprint density at radius 3 is 2.43 bits per heavy atom. The summed E-state index contributed by atoms with van der Waals surface area (Å²) in [5.74, 6) is 1.38. The molecule has 0 saturated carbocycles. The van der Waals surface area contributed by atoms with E-state index in [2.05, 4.69) is 30.4 Å². The van der Waals surface area contributed by atoms with Crippen LogP contribution in [0.25, 0.3) is 0 Å². The van der Waals surface area contributed by atoms with Crippen molar-refractivity contribution < 1.29 is 13.2 Å². The number of nitrogens with one attached hydrogen (secondary N) is 1. The first-order chi connectivity index (χ1) is 14.1. The molecule has 0 aromatic heterocycles. The van der Waals surface area contributed by atoms with Gasteiger partial charge in [0, 0.05) is 18.1 Å². The van der Waals surface area contributed by atoms with Gasteiger partial charge in [0.05, 0.1) is 11.9 Å². The van der Waals surface area contributed by atoms with Crippen LogP contribution in [-0.2, 0) is 20.6 Å². The number of hydrogen-bond donors (Lipinski definition) is 1. The Kier molecular flexibility index (Phi) is 8.79. The lowest BCUT2D eigenvalue weighted by atomic mass is 10.1. The Hall–Kier alpha value is -1.99. The molecule has 2 rings (SSSR count). The summed E-state index contributed by atoms with van der Waals surface area (Å²) in [6.45, 7) is 8.31. The molecule has 1 atom stereocenters. The molecule has 0 radical (unpaired) electrons. The zero-order chi connectivity index (χ0) is 22.3. The van der Waals surface area contributed by atoms with E-state index in [9.17, 15) is 13.2 Å². The molecular weight excluding hydrogens is 416 g/mol. The van der Waals surface area contributed by atoms with Crippen LogP contribution in [0, 0.1) is 20.8 Å². The third-order valence-electron chi connectivity index (χ3n) is 4.97. The highest BCUT2D eigenvalue weighted by Crippen LogP contribution is 2.25. The highest BCUT2D eigenvalue weighted by Gasteiger charge is 2.31. The summed E-state index contributed by atoms with van der Waals surface area (Å²) in [5.41, 5.74) is 5.09. The molecule has 7 heteroatoms. The van der Waals surface area contributed by atoms with Crippen LogP contribution >= 0.6 is 11.8 Å². The number of carbonyl (C=O) groups excluding carboxylic acids is 1. The van der Waals surface area contributed by atoms with Crippen LogP contribution in [0.15, 0.2) is 42.5 Å². The lowest BCUT2D eigenvalue weighted by Crippen LogP contribution is -2.49. The number of thioether (sulfide) groups is 1. The number of hydrogen-bond acceptors (Lipinski definition) is 4. The topological polar surface area (TPSA) is 66.5 Å². The molecule has 0 aliphatic heterocycles. The van der Waals surface area contributed by atoms with E-state index in [0.717, 1.165) is 28.9 Å². The van der Waals surface area contributed by atoms with Gasteiger partial charge in [-0.1, -0.05) is 42.8 Å². The molecule has 0 unspecified atom stereocenters. The minimum Gasteiger partial charge on any atom is -0.353 e. The fourth-order valence-corrected chi connectivity index (χ4v) is 5.29. The Balaban J connectivity index is 2.00. The van der Waals surface area contributed by atoms with Gasteiger partial charge in [-0.3, -0.25) is 9.10 Å². The van der Waals surface area contributed by atoms with E-state index in [0.29, 0.717) is 18.7 Å². The highest BCUT2D eigenvalue weighted by atomic mass is 32.2. The summed E-state index contributed by atoms with van der Waals surface area (Å²) < 4.78 is 26.3. The first-order valence-corrected chi connectivity index (χ1v) is 13.1. The van der Waals surface area contributed by atoms with Crippen molar-refractivity contribution in [2.75, 3.05) is 22.9 Å². The summed E-state index contributed by atoms with van der Waals surface area (Å²) in [5, 5.41) is 2.91. The summed E-state index contributed by atoms with van der Waals surface area (Å²) in [7, 11) is -3.61. The van der Waals surface area contributed by atoms with Crippen molar-refractivity contribution in [2.45, 2.75) is 45.9 Å². The van der Waals surface area contributed by atoms with Crippen LogP contribution in [0.1, 0.15) is 35.6 Å². The lowest BCUT2D eigenvalue weighted by Gasteiger charge is -2.30. The molecule has 0 heterocycles. The first-order valence-electron chi connectivity index (χ1n) is 10.1. The molecule has 0 bridgehead atoms. The van der Waals surface area contributed by atoms with Gasteiger partial charge in [0.15, 0.2) is 0 Å². The molecule has 5 nitrogen and oxygen atoms in total. The molecule has 2 aromatic carbocycles. The van der Waals surface area contributed by atoms with E-state index >= 15 is 0 Å². The lowest BCUT2D eigenvalue weighted by molar-refractivity contribution is -0.122. The SMILES string of the molecule is CC[C@H](C(=O)NCCSCc1cccc(C)c1)N(c1ccc(C)c(C)c1)S(C)(=O)=O. The average Bonchev–Trinajstić information content (AvgIpc) is 2.67. The molecule has 0 saturated heterocycles. The Morgan fingerprint density at radius 1 is 1.10 bits per heavy atom. The number of anilines is 1. The van der Waals surface area contributed by atoms with Gasteiger partial charge in [-0.05, 0) is 56.0 Å². The first kappa shape index (κ1) is 24.3. The van der Waals surface area contributed by atoms with Crippen molar-refractivity contribution >= 4 is 33.4 Å². The number of aryl methyl sites for hydroxylation is 3. The van der Waals surface area contributed by atoms with Gasteiger partial charge in [-0.15, -0.1) is 0 Å². The maximum absolute atomic E-state index is 12.8. The molecule has 0 aliphatic carbocycles. The Labute approximate surface area is 185 Å². The van der Waals surface area contributed by atoms with Crippen LogP contribution < -0.4 is 9.62 Å². The fourth-order valence-electron chi connectivity index (χ4n) is 3.28. The summed E-state index contributed by atoms with van der Waals surface area (Å²) in [6, 6.07) is 13.1. The van der Waals surface area contributed by atoms with Gasteiger partial charge in [0.1, 0.15) is 6.04 Å². The van der Waals surface area contributed by atoms with Crippen molar-refractivity contribution in [3.63, 3.8) is 0 Å². The molecule has 0 aliphatic rings. The van der Waals surface area contributed by atoms with Crippen molar-refractivity contribution in [1.29, 1.82) is 0 Å². The van der Waals surface area contributed by atoms with Gasteiger partial charge in [0.2, 0.25) is 15.9 Å². The third kappa shape index (κ3) is 6.77.